The Kier molecular flexibility index (Phi) is 5.38. The molecule has 1 heterocycles. The van der Waals surface area contributed by atoms with Gasteiger partial charge in [0.05, 0.1) is 16.6 Å². The zero-order chi connectivity index (χ0) is 19.7. The van der Waals surface area contributed by atoms with Gasteiger partial charge >= 0.3 is 0 Å². The van der Waals surface area contributed by atoms with Crippen LogP contribution in [0.5, 0.6) is 0 Å². The van der Waals surface area contributed by atoms with Crippen molar-refractivity contribution >= 4 is 38.6 Å². The minimum atomic E-state index is -0.0334. The Morgan fingerprint density at radius 2 is 1.64 bits per heavy atom. The highest BCUT2D eigenvalue weighted by molar-refractivity contribution is 9.10. The van der Waals surface area contributed by atoms with Gasteiger partial charge in [-0.15, -0.1) is 0 Å². The van der Waals surface area contributed by atoms with Gasteiger partial charge in [0.1, 0.15) is 0 Å². The molecule has 0 saturated heterocycles. The summed E-state index contributed by atoms with van der Waals surface area (Å²) < 4.78 is 2.79. The number of aryl methyl sites for hydroxylation is 2. The summed E-state index contributed by atoms with van der Waals surface area (Å²) in [4.78, 5) is 18.2. The van der Waals surface area contributed by atoms with E-state index in [0.717, 1.165) is 32.6 Å². The van der Waals surface area contributed by atoms with Gasteiger partial charge < -0.3 is 0 Å². The van der Waals surface area contributed by atoms with Crippen LogP contribution in [0.25, 0.3) is 16.6 Å². The van der Waals surface area contributed by atoms with Gasteiger partial charge in [-0.05, 0) is 66.9 Å². The first-order chi connectivity index (χ1) is 13.5. The number of hydrogen-bond donors (Lipinski definition) is 0. The number of nitrogens with zero attached hydrogens (tertiary/aromatic N) is 2. The molecular weight excluding hydrogens is 432 g/mol. The Morgan fingerprint density at radius 1 is 0.964 bits per heavy atom. The summed E-state index contributed by atoms with van der Waals surface area (Å²) in [7, 11) is 0. The molecule has 28 heavy (non-hydrogen) atoms. The predicted molar refractivity (Wildman–Crippen MR) is 121 cm³/mol. The van der Waals surface area contributed by atoms with E-state index in [0.29, 0.717) is 10.5 Å². The molecule has 4 rings (SSSR count). The predicted octanol–water partition coefficient (Wildman–Crippen LogP) is 6.06. The number of hydrogen-bond acceptors (Lipinski definition) is 3. The Morgan fingerprint density at radius 3 is 2.36 bits per heavy atom. The van der Waals surface area contributed by atoms with Crippen molar-refractivity contribution in [3.63, 3.8) is 0 Å². The van der Waals surface area contributed by atoms with Crippen LogP contribution in [-0.4, -0.2) is 9.55 Å². The van der Waals surface area contributed by atoms with Gasteiger partial charge in [-0.1, -0.05) is 58.0 Å². The summed E-state index contributed by atoms with van der Waals surface area (Å²) in [6.45, 7) is 4.09. The highest BCUT2D eigenvalue weighted by Gasteiger charge is 2.14. The molecule has 0 aliphatic rings. The molecule has 3 aromatic carbocycles. The summed E-state index contributed by atoms with van der Waals surface area (Å²) in [5.74, 6) is 0.739. The zero-order valence-corrected chi connectivity index (χ0v) is 18.0. The van der Waals surface area contributed by atoms with Crippen LogP contribution in [0.4, 0.5) is 0 Å². The Balaban J connectivity index is 1.85. The van der Waals surface area contributed by atoms with Crippen molar-refractivity contribution < 1.29 is 0 Å². The molecule has 0 fully saturated rings. The molecule has 0 atom stereocenters. The summed E-state index contributed by atoms with van der Waals surface area (Å²) in [6.07, 6.45) is 0. The van der Waals surface area contributed by atoms with Gasteiger partial charge in [0.25, 0.3) is 5.56 Å². The number of rotatable bonds is 4. The third kappa shape index (κ3) is 3.91. The first-order valence-electron chi connectivity index (χ1n) is 8.99. The first-order valence-corrected chi connectivity index (χ1v) is 10.8. The number of aromatic nitrogens is 2. The van der Waals surface area contributed by atoms with E-state index in [1.165, 1.54) is 5.56 Å². The number of thioether (sulfide) groups is 1. The fourth-order valence-corrected chi connectivity index (χ4v) is 4.48. The van der Waals surface area contributed by atoms with E-state index in [-0.39, 0.29) is 5.56 Å². The molecule has 0 unspecified atom stereocenters. The van der Waals surface area contributed by atoms with E-state index in [1.807, 2.05) is 62.4 Å². The highest BCUT2D eigenvalue weighted by Crippen LogP contribution is 2.26. The van der Waals surface area contributed by atoms with Crippen LogP contribution in [0.1, 0.15) is 16.7 Å². The standard InChI is InChI=1S/C23H19BrN2OS/c1-15-11-16(2)13-19(12-15)26-22(27)20-5-3-4-6-21(20)25-23(26)28-14-17-7-9-18(24)10-8-17/h3-13H,14H2,1-2H3. The molecule has 140 valence electrons. The van der Waals surface area contributed by atoms with Crippen LogP contribution in [0.15, 0.2) is 81.2 Å². The second kappa shape index (κ2) is 7.94. The molecule has 5 heteroatoms. The van der Waals surface area contributed by atoms with Gasteiger partial charge in [-0.2, -0.15) is 0 Å². The van der Waals surface area contributed by atoms with E-state index in [2.05, 4.69) is 34.1 Å². The molecule has 0 saturated carbocycles. The Hall–Kier alpha value is -2.37. The van der Waals surface area contributed by atoms with Crippen molar-refractivity contribution in [3.8, 4) is 5.69 Å². The highest BCUT2D eigenvalue weighted by atomic mass is 79.9. The average Bonchev–Trinajstić information content (AvgIpc) is 2.67. The Bertz CT molecular complexity index is 1200. The van der Waals surface area contributed by atoms with Crippen LogP contribution in [0, 0.1) is 13.8 Å². The topological polar surface area (TPSA) is 34.9 Å². The third-order valence-corrected chi connectivity index (χ3v) is 6.03. The quantitative estimate of drug-likeness (QED) is 0.280. The summed E-state index contributed by atoms with van der Waals surface area (Å²) in [5.41, 5.74) is 4.99. The lowest BCUT2D eigenvalue weighted by atomic mass is 10.1. The van der Waals surface area contributed by atoms with E-state index in [4.69, 9.17) is 4.98 Å². The molecule has 4 aromatic rings. The fourth-order valence-electron chi connectivity index (χ4n) is 3.25. The second-order valence-corrected chi connectivity index (χ2v) is 8.67. The van der Waals surface area contributed by atoms with Crippen molar-refractivity contribution in [1.29, 1.82) is 0 Å². The average molecular weight is 451 g/mol. The third-order valence-electron chi connectivity index (χ3n) is 4.49. The molecule has 0 amide bonds. The molecule has 3 nitrogen and oxygen atoms in total. The van der Waals surface area contributed by atoms with Crippen molar-refractivity contribution in [2.45, 2.75) is 24.8 Å². The van der Waals surface area contributed by atoms with Crippen LogP contribution >= 0.6 is 27.7 Å². The minimum Gasteiger partial charge on any atom is -0.268 e. The molecule has 0 aliphatic heterocycles. The van der Waals surface area contributed by atoms with Gasteiger partial charge in [0.15, 0.2) is 5.16 Å². The monoisotopic (exact) mass is 450 g/mol. The number of halogens is 1. The summed E-state index contributed by atoms with van der Waals surface area (Å²) in [6, 6.07) is 21.9. The van der Waals surface area contributed by atoms with E-state index >= 15 is 0 Å². The van der Waals surface area contributed by atoms with Crippen LogP contribution in [0.3, 0.4) is 0 Å². The molecule has 0 radical (unpaired) electrons. The SMILES string of the molecule is Cc1cc(C)cc(-n2c(SCc3ccc(Br)cc3)nc3ccccc3c2=O)c1. The Labute approximate surface area is 176 Å². The molecule has 1 aromatic heterocycles. The van der Waals surface area contributed by atoms with Crippen molar-refractivity contribution in [3.05, 3.63) is 98.2 Å². The fraction of sp³-hybridized carbons (Fsp3) is 0.130. The maximum absolute atomic E-state index is 13.3. The molecular formula is C23H19BrN2OS. The second-order valence-electron chi connectivity index (χ2n) is 6.81. The zero-order valence-electron chi connectivity index (χ0n) is 15.6. The number of para-hydroxylation sites is 1. The molecule has 0 N–H and O–H groups in total. The smallest absolute Gasteiger partial charge is 0.266 e. The number of fused-ring (bicyclic) bond motifs is 1. The van der Waals surface area contributed by atoms with Gasteiger partial charge in [0.2, 0.25) is 0 Å². The maximum Gasteiger partial charge on any atom is 0.266 e. The lowest BCUT2D eigenvalue weighted by Crippen LogP contribution is -2.22. The largest absolute Gasteiger partial charge is 0.268 e. The van der Waals surface area contributed by atoms with Crippen molar-refractivity contribution in [2.75, 3.05) is 0 Å². The first kappa shape index (κ1) is 19.0. The maximum atomic E-state index is 13.3. The van der Waals surface area contributed by atoms with Crippen molar-refractivity contribution in [2.24, 2.45) is 0 Å². The lowest BCUT2D eigenvalue weighted by Gasteiger charge is -2.14. The normalized spacial score (nSPS) is 11.1. The molecule has 0 bridgehead atoms. The molecule has 0 aliphatic carbocycles. The molecule has 0 spiro atoms. The van der Waals surface area contributed by atoms with Crippen LogP contribution in [0.2, 0.25) is 0 Å². The van der Waals surface area contributed by atoms with E-state index in [9.17, 15) is 4.79 Å². The van der Waals surface area contributed by atoms with E-state index in [1.54, 1.807) is 16.3 Å². The minimum absolute atomic E-state index is 0.0334. The van der Waals surface area contributed by atoms with Gasteiger partial charge in [-0.3, -0.25) is 9.36 Å². The van der Waals surface area contributed by atoms with Crippen LogP contribution in [-0.2, 0) is 5.75 Å². The van der Waals surface area contributed by atoms with E-state index < -0.39 is 0 Å². The van der Waals surface area contributed by atoms with Gasteiger partial charge in [-0.25, -0.2) is 4.98 Å². The summed E-state index contributed by atoms with van der Waals surface area (Å²) >= 11 is 5.05. The number of benzene rings is 3. The lowest BCUT2D eigenvalue weighted by molar-refractivity contribution is 0.818. The van der Waals surface area contributed by atoms with Gasteiger partial charge in [0, 0.05) is 10.2 Å². The van der Waals surface area contributed by atoms with Crippen LogP contribution < -0.4 is 5.56 Å². The summed E-state index contributed by atoms with van der Waals surface area (Å²) in [5, 5.41) is 1.34. The van der Waals surface area contributed by atoms with Crippen molar-refractivity contribution in [1.82, 2.24) is 9.55 Å².